The average molecular weight is 519 g/mol. The molecule has 1 spiro atoms. The number of nitrogens with one attached hydrogen (secondary N) is 1. The monoisotopic (exact) mass is 518 g/mol. The van der Waals surface area contributed by atoms with Crippen molar-refractivity contribution < 1.29 is 28.2 Å². The van der Waals surface area contributed by atoms with Crippen LogP contribution < -0.4 is 10.2 Å². The van der Waals surface area contributed by atoms with E-state index in [1.54, 1.807) is 17.0 Å². The zero-order chi connectivity index (χ0) is 26.6. The summed E-state index contributed by atoms with van der Waals surface area (Å²) in [6.07, 6.45) is 5.23. The number of amides is 2. The Morgan fingerprint density at radius 1 is 1.13 bits per heavy atom. The van der Waals surface area contributed by atoms with Crippen LogP contribution in [0.3, 0.4) is 0 Å². The van der Waals surface area contributed by atoms with Crippen LogP contribution in [0.4, 0.5) is 10.1 Å². The van der Waals surface area contributed by atoms with Crippen molar-refractivity contribution in [1.82, 2.24) is 5.32 Å². The van der Waals surface area contributed by atoms with Crippen molar-refractivity contribution in [2.45, 2.75) is 63.4 Å². The molecular formula is C30H31FN2O5. The number of anilines is 1. The Balaban J connectivity index is 1.28. The summed E-state index contributed by atoms with van der Waals surface area (Å²) in [6, 6.07) is 11.7. The van der Waals surface area contributed by atoms with Gasteiger partial charge in [0, 0.05) is 17.3 Å². The third-order valence-corrected chi connectivity index (χ3v) is 8.25. The molecule has 198 valence electrons. The molecule has 38 heavy (non-hydrogen) atoms. The fourth-order valence-corrected chi connectivity index (χ4v) is 6.58. The maximum Gasteiger partial charge on any atom is 0.314 e. The number of benzene rings is 2. The molecule has 0 unspecified atom stereocenters. The second-order valence-corrected chi connectivity index (χ2v) is 11.0. The summed E-state index contributed by atoms with van der Waals surface area (Å²) in [5, 5.41) is 2.92. The molecule has 2 bridgehead atoms. The number of hydrogen-bond acceptors (Lipinski definition) is 5. The van der Waals surface area contributed by atoms with Gasteiger partial charge in [0.15, 0.2) is 0 Å². The van der Waals surface area contributed by atoms with Crippen LogP contribution in [0.25, 0.3) is 0 Å². The van der Waals surface area contributed by atoms with Gasteiger partial charge >= 0.3 is 5.97 Å². The second kappa shape index (κ2) is 9.34. The van der Waals surface area contributed by atoms with Gasteiger partial charge in [-0.2, -0.15) is 0 Å². The van der Waals surface area contributed by atoms with E-state index in [2.05, 4.69) is 5.32 Å². The molecule has 3 aliphatic heterocycles. The molecule has 6 rings (SSSR count). The molecule has 0 aromatic heterocycles. The predicted octanol–water partition coefficient (Wildman–Crippen LogP) is 4.07. The summed E-state index contributed by atoms with van der Waals surface area (Å²) in [4.78, 5) is 42.4. The summed E-state index contributed by atoms with van der Waals surface area (Å²) in [5.74, 6) is -3.87. The van der Waals surface area contributed by atoms with E-state index in [0.717, 1.165) is 42.5 Å². The molecular weight excluding hydrogens is 487 g/mol. The van der Waals surface area contributed by atoms with Crippen LogP contribution in [0.15, 0.2) is 54.6 Å². The van der Waals surface area contributed by atoms with Crippen LogP contribution in [0.5, 0.6) is 0 Å². The predicted molar refractivity (Wildman–Crippen MR) is 138 cm³/mol. The largest absolute Gasteiger partial charge is 0.447 e. The van der Waals surface area contributed by atoms with Gasteiger partial charge in [0.05, 0.1) is 18.6 Å². The summed E-state index contributed by atoms with van der Waals surface area (Å²) in [6.45, 7) is 4.23. The summed E-state index contributed by atoms with van der Waals surface area (Å²) < 4.78 is 26.8. The molecule has 3 fully saturated rings. The molecule has 1 saturated carbocycles. The van der Waals surface area contributed by atoms with Crippen LogP contribution >= 0.6 is 0 Å². The molecule has 8 heteroatoms. The van der Waals surface area contributed by atoms with Crippen molar-refractivity contribution in [2.75, 3.05) is 11.4 Å². The first kappa shape index (κ1) is 24.8. The molecule has 7 nitrogen and oxygen atoms in total. The topological polar surface area (TPSA) is 84.9 Å². The zero-order valence-corrected chi connectivity index (χ0v) is 21.5. The van der Waals surface area contributed by atoms with Crippen LogP contribution in [0.2, 0.25) is 0 Å². The van der Waals surface area contributed by atoms with Gasteiger partial charge in [0.1, 0.15) is 17.3 Å². The molecule has 2 aromatic carbocycles. The number of rotatable bonds is 6. The summed E-state index contributed by atoms with van der Waals surface area (Å²) >= 11 is 0. The van der Waals surface area contributed by atoms with Crippen molar-refractivity contribution in [1.29, 1.82) is 0 Å². The van der Waals surface area contributed by atoms with Crippen LogP contribution in [-0.2, 0) is 23.9 Å². The van der Waals surface area contributed by atoms with Crippen molar-refractivity contribution in [3.8, 4) is 0 Å². The van der Waals surface area contributed by atoms with E-state index < -0.39 is 47.3 Å². The quantitative estimate of drug-likeness (QED) is 0.460. The van der Waals surface area contributed by atoms with Gasteiger partial charge in [-0.1, -0.05) is 49.3 Å². The Kier molecular flexibility index (Phi) is 6.10. The van der Waals surface area contributed by atoms with Gasteiger partial charge in [0.25, 0.3) is 5.91 Å². The Morgan fingerprint density at radius 3 is 2.55 bits per heavy atom. The van der Waals surface area contributed by atoms with Crippen LogP contribution in [0, 0.1) is 31.5 Å². The van der Waals surface area contributed by atoms with Gasteiger partial charge in [-0.05, 0) is 56.0 Å². The zero-order valence-electron chi connectivity index (χ0n) is 21.5. The third-order valence-electron chi connectivity index (χ3n) is 8.25. The Morgan fingerprint density at radius 2 is 1.84 bits per heavy atom. The first-order chi connectivity index (χ1) is 18.3. The number of esters is 1. The number of carbonyl (C=O) groups is 3. The van der Waals surface area contributed by atoms with E-state index in [-0.39, 0.29) is 24.1 Å². The number of halogens is 1. The van der Waals surface area contributed by atoms with Gasteiger partial charge in [-0.3, -0.25) is 14.4 Å². The normalized spacial score (nSPS) is 28.6. The lowest BCUT2D eigenvalue weighted by atomic mass is 9.77. The number of aryl methyl sites for hydroxylation is 2. The minimum absolute atomic E-state index is 0.0136. The van der Waals surface area contributed by atoms with Crippen molar-refractivity contribution >= 4 is 23.5 Å². The highest BCUT2D eigenvalue weighted by molar-refractivity contribution is 6.03. The van der Waals surface area contributed by atoms with Gasteiger partial charge in [-0.25, -0.2) is 4.39 Å². The Hall–Kier alpha value is -3.52. The molecule has 2 amide bonds. The number of carbonyl (C=O) groups excluding carboxylic acids is 3. The molecule has 5 atom stereocenters. The molecule has 0 radical (unpaired) electrons. The maximum atomic E-state index is 14.8. The molecule has 4 aliphatic rings. The number of fused-ring (bicyclic) bond motifs is 1. The first-order valence-corrected chi connectivity index (χ1v) is 13.3. The van der Waals surface area contributed by atoms with E-state index in [1.807, 2.05) is 38.1 Å². The lowest BCUT2D eigenvalue weighted by Gasteiger charge is -2.26. The van der Waals surface area contributed by atoms with Crippen molar-refractivity contribution in [3.63, 3.8) is 0 Å². The summed E-state index contributed by atoms with van der Waals surface area (Å²) in [5.41, 5.74) is 1.85. The molecule has 3 heterocycles. The second-order valence-electron chi connectivity index (χ2n) is 11.0. The minimum Gasteiger partial charge on any atom is -0.447 e. The lowest BCUT2D eigenvalue weighted by molar-refractivity contribution is -0.163. The maximum absolute atomic E-state index is 14.8. The smallest absolute Gasteiger partial charge is 0.314 e. The average Bonchev–Trinajstić information content (AvgIpc) is 3.65. The fourth-order valence-electron chi connectivity index (χ4n) is 6.58. The van der Waals surface area contributed by atoms with E-state index in [0.29, 0.717) is 0 Å². The highest BCUT2D eigenvalue weighted by Crippen LogP contribution is 2.53. The lowest BCUT2D eigenvalue weighted by Crippen LogP contribution is -2.43. The highest BCUT2D eigenvalue weighted by Gasteiger charge is 2.67. The Bertz CT molecular complexity index is 1320. The number of ether oxygens (including phenoxy) is 2. The van der Waals surface area contributed by atoms with E-state index in [1.165, 1.54) is 18.2 Å². The minimum atomic E-state index is -1.46. The molecule has 2 saturated heterocycles. The number of hydrogen-bond donors (Lipinski definition) is 1. The SMILES string of the molecule is Cc1cc(C)cc(N2C[C@]34C=C[C@@H](O3)[C@H](C(=O)O[C@H](C(=O)NC3CCCC3)c3ccccc3F)[C@@H]4C2=O)c1. The fraction of sp³-hybridized carbons (Fsp3) is 0.433. The summed E-state index contributed by atoms with van der Waals surface area (Å²) in [7, 11) is 0. The first-order valence-electron chi connectivity index (χ1n) is 13.3. The number of nitrogens with zero attached hydrogens (tertiary/aromatic N) is 1. The van der Waals surface area contributed by atoms with Crippen LogP contribution in [-0.4, -0.2) is 42.1 Å². The third kappa shape index (κ3) is 4.11. The van der Waals surface area contributed by atoms with Crippen LogP contribution in [0.1, 0.15) is 48.5 Å². The van der Waals surface area contributed by atoms with E-state index >= 15 is 0 Å². The molecule has 1 aliphatic carbocycles. The molecule has 1 N–H and O–H groups in total. The van der Waals surface area contributed by atoms with Crippen molar-refractivity contribution in [3.05, 3.63) is 77.1 Å². The molecule has 2 aromatic rings. The van der Waals surface area contributed by atoms with E-state index in [9.17, 15) is 18.8 Å². The highest BCUT2D eigenvalue weighted by atomic mass is 19.1. The van der Waals surface area contributed by atoms with E-state index in [4.69, 9.17) is 9.47 Å². The van der Waals surface area contributed by atoms with Gasteiger partial charge in [-0.15, -0.1) is 0 Å². The Labute approximate surface area is 221 Å². The van der Waals surface area contributed by atoms with Gasteiger partial charge in [0.2, 0.25) is 12.0 Å². The standard InChI is InChI=1S/C30H31FN2O5/c1-17-13-18(2)15-20(14-17)33-16-30-12-11-23(38-30)24(25(30)28(33)35)29(36)37-26(21-9-5-6-10-22(21)31)27(34)32-19-7-3-4-8-19/h5-6,9-15,19,23-26H,3-4,7-8,16H2,1-2H3,(H,32,34)/t23-,24+,25-,26+,30+/m1/s1. The van der Waals surface area contributed by atoms with Gasteiger partial charge < -0.3 is 19.7 Å². The van der Waals surface area contributed by atoms with Crippen molar-refractivity contribution in [2.24, 2.45) is 11.8 Å².